The van der Waals surface area contributed by atoms with Gasteiger partial charge >= 0.3 is 12.4 Å². The van der Waals surface area contributed by atoms with E-state index in [1.54, 1.807) is 0 Å². The molecule has 0 heterocycles. The zero-order valence-electron chi connectivity index (χ0n) is 15.2. The number of aliphatic hydroxyl groups is 1. The molecule has 1 aromatic rings. The lowest BCUT2D eigenvalue weighted by Crippen LogP contribution is -2.37. The third-order valence-electron chi connectivity index (χ3n) is 4.55. The number of hydrogen-bond acceptors (Lipinski definition) is 4. The number of fused-ring (bicyclic) bond motifs is 1. The fraction of sp³-hybridized carbons (Fsp3) is 0.556. The maximum atomic E-state index is 13.3. The third-order valence-corrected chi connectivity index (χ3v) is 4.55. The summed E-state index contributed by atoms with van der Waals surface area (Å²) in [5.74, 6) is -2.11. The second-order valence-corrected chi connectivity index (χ2v) is 6.38. The fourth-order valence-electron chi connectivity index (χ4n) is 3.14. The number of allylic oxidation sites excluding steroid dienone is 1. The Morgan fingerprint density at radius 1 is 1.11 bits per heavy atom. The highest BCUT2D eigenvalue weighted by Crippen LogP contribution is 2.43. The minimum Gasteiger partial charge on any atom is -0.387 e. The number of benzene rings is 1. The Balaban J connectivity index is 2.35. The Morgan fingerprint density at radius 2 is 1.75 bits per heavy atom. The van der Waals surface area contributed by atoms with Crippen LogP contribution in [0.5, 0.6) is 0 Å². The number of aliphatic hydroxyl groups excluding tert-OH is 1. The van der Waals surface area contributed by atoms with Crippen molar-refractivity contribution in [1.82, 2.24) is 5.32 Å². The zero-order chi connectivity index (χ0) is 21.1. The van der Waals surface area contributed by atoms with E-state index in [1.807, 2.05) is 0 Å². The maximum Gasteiger partial charge on any atom is 0.416 e. The van der Waals surface area contributed by atoms with Gasteiger partial charge in [-0.25, -0.2) is 0 Å². The normalized spacial score (nSPS) is 18.8. The summed E-state index contributed by atoms with van der Waals surface area (Å²) in [6, 6.07) is 3.16. The average molecular weight is 413 g/mol. The third kappa shape index (κ3) is 5.25. The number of hydrogen-bond donors (Lipinski definition) is 2. The minimum absolute atomic E-state index is 0.0281. The molecular weight excluding hydrogens is 392 g/mol. The Kier molecular flexibility index (Phi) is 7.13. The molecule has 0 spiro atoms. The van der Waals surface area contributed by atoms with Crippen molar-refractivity contribution in [1.29, 1.82) is 0 Å². The molecule has 1 aliphatic carbocycles. The number of rotatable bonds is 7. The van der Waals surface area contributed by atoms with Gasteiger partial charge in [0.15, 0.2) is 6.29 Å². The number of ether oxygens (including phenoxy) is 2. The van der Waals surface area contributed by atoms with Crippen LogP contribution in [0.4, 0.5) is 26.3 Å². The molecule has 2 N–H and O–H groups in total. The van der Waals surface area contributed by atoms with E-state index in [4.69, 9.17) is 9.47 Å². The van der Waals surface area contributed by atoms with Gasteiger partial charge in [0, 0.05) is 27.3 Å². The van der Waals surface area contributed by atoms with E-state index < -0.39 is 48.2 Å². The minimum atomic E-state index is -4.79. The Labute approximate surface area is 158 Å². The van der Waals surface area contributed by atoms with Gasteiger partial charge in [0.1, 0.15) is 0 Å². The summed E-state index contributed by atoms with van der Waals surface area (Å²) in [6.07, 6.45) is -11.6. The molecule has 2 atom stereocenters. The van der Waals surface area contributed by atoms with Gasteiger partial charge in [-0.1, -0.05) is 18.2 Å². The van der Waals surface area contributed by atoms with Crippen molar-refractivity contribution in [2.24, 2.45) is 5.92 Å². The van der Waals surface area contributed by atoms with Crippen molar-refractivity contribution in [3.05, 3.63) is 41.0 Å². The smallest absolute Gasteiger partial charge is 0.387 e. The van der Waals surface area contributed by atoms with Crippen LogP contribution >= 0.6 is 0 Å². The number of alkyl halides is 6. The SMILES string of the molecule is COC(CNCC(O)C1=CC(C(F)(F)F)Cc2c1cccc2C(F)(F)F)OC. The highest BCUT2D eigenvalue weighted by molar-refractivity contribution is 5.74. The van der Waals surface area contributed by atoms with Crippen molar-refractivity contribution >= 4 is 5.57 Å². The summed E-state index contributed by atoms with van der Waals surface area (Å²) in [5, 5.41) is 13.2. The quantitative estimate of drug-likeness (QED) is 0.532. The van der Waals surface area contributed by atoms with Crippen LogP contribution in [0.2, 0.25) is 0 Å². The van der Waals surface area contributed by atoms with Crippen molar-refractivity contribution < 1.29 is 40.9 Å². The molecule has 0 saturated carbocycles. The molecule has 0 saturated heterocycles. The second-order valence-electron chi connectivity index (χ2n) is 6.38. The van der Waals surface area contributed by atoms with E-state index in [2.05, 4.69) is 5.32 Å². The van der Waals surface area contributed by atoms with Crippen LogP contribution in [0.15, 0.2) is 24.3 Å². The first-order chi connectivity index (χ1) is 13.0. The van der Waals surface area contributed by atoms with Crippen LogP contribution in [-0.2, 0) is 22.1 Å². The predicted molar refractivity (Wildman–Crippen MR) is 89.4 cm³/mol. The summed E-state index contributed by atoms with van der Waals surface area (Å²) in [6.45, 7) is -0.0508. The van der Waals surface area contributed by atoms with Crippen LogP contribution in [0, 0.1) is 5.92 Å². The van der Waals surface area contributed by atoms with Gasteiger partial charge in [0.25, 0.3) is 0 Å². The van der Waals surface area contributed by atoms with Gasteiger partial charge in [-0.15, -0.1) is 0 Å². The van der Waals surface area contributed by atoms with Gasteiger partial charge in [0.2, 0.25) is 0 Å². The maximum absolute atomic E-state index is 13.3. The molecule has 1 aliphatic rings. The first-order valence-corrected chi connectivity index (χ1v) is 8.41. The van der Waals surface area contributed by atoms with E-state index in [0.717, 1.165) is 18.2 Å². The molecule has 0 fully saturated rings. The van der Waals surface area contributed by atoms with E-state index >= 15 is 0 Å². The highest BCUT2D eigenvalue weighted by atomic mass is 19.4. The molecule has 28 heavy (non-hydrogen) atoms. The molecule has 2 unspecified atom stereocenters. The van der Waals surface area contributed by atoms with Crippen molar-refractivity contribution in [3.8, 4) is 0 Å². The summed E-state index contributed by atoms with van der Waals surface area (Å²) >= 11 is 0. The van der Waals surface area contributed by atoms with Gasteiger partial charge in [-0.2, -0.15) is 26.3 Å². The van der Waals surface area contributed by atoms with Crippen LogP contribution in [0.25, 0.3) is 5.57 Å². The predicted octanol–water partition coefficient (Wildman–Crippen LogP) is 3.39. The molecule has 2 rings (SSSR count). The molecule has 10 heteroatoms. The summed E-state index contributed by atoms with van der Waals surface area (Å²) in [5.41, 5.74) is -1.79. The summed E-state index contributed by atoms with van der Waals surface area (Å²) in [7, 11) is 2.78. The van der Waals surface area contributed by atoms with Crippen LogP contribution in [-0.4, -0.2) is 51.0 Å². The first kappa shape index (κ1) is 22.7. The molecule has 0 radical (unpaired) electrons. The second kappa shape index (κ2) is 8.81. The van der Waals surface area contributed by atoms with E-state index in [1.165, 1.54) is 20.3 Å². The van der Waals surface area contributed by atoms with Crippen LogP contribution in [0.3, 0.4) is 0 Å². The Morgan fingerprint density at radius 3 is 2.29 bits per heavy atom. The van der Waals surface area contributed by atoms with Gasteiger partial charge in [0.05, 0.1) is 17.6 Å². The number of methoxy groups -OCH3 is 2. The fourth-order valence-corrected chi connectivity index (χ4v) is 3.14. The van der Waals surface area contributed by atoms with E-state index in [-0.39, 0.29) is 24.2 Å². The first-order valence-electron chi connectivity index (χ1n) is 8.41. The molecule has 158 valence electrons. The molecule has 0 amide bonds. The van der Waals surface area contributed by atoms with E-state index in [9.17, 15) is 31.4 Å². The van der Waals surface area contributed by atoms with Crippen molar-refractivity contribution in [2.45, 2.75) is 31.2 Å². The summed E-state index contributed by atoms with van der Waals surface area (Å²) < 4.78 is 89.6. The van der Waals surface area contributed by atoms with Gasteiger partial charge in [-0.3, -0.25) is 0 Å². The van der Waals surface area contributed by atoms with Crippen molar-refractivity contribution in [2.75, 3.05) is 27.3 Å². The van der Waals surface area contributed by atoms with Crippen molar-refractivity contribution in [3.63, 3.8) is 0 Å². The van der Waals surface area contributed by atoms with Crippen LogP contribution in [0.1, 0.15) is 16.7 Å². The molecule has 1 aromatic carbocycles. The lowest BCUT2D eigenvalue weighted by atomic mass is 9.80. The number of halogens is 6. The topological polar surface area (TPSA) is 50.7 Å². The van der Waals surface area contributed by atoms with Crippen LogP contribution < -0.4 is 5.32 Å². The standard InChI is InChI=1S/C18H21F6NO3/c1-27-16(28-2)9-25-8-15(26)13-7-10(17(19,20)21)6-12-11(13)4-3-5-14(12)18(22,23)24/h3-5,7,10,15-16,25-26H,6,8-9H2,1-2H3. The van der Waals surface area contributed by atoms with E-state index in [0.29, 0.717) is 0 Å². The molecule has 0 aromatic heterocycles. The lowest BCUT2D eigenvalue weighted by Gasteiger charge is -2.30. The Bertz CT molecular complexity index is 698. The Hall–Kier alpha value is -1.62. The largest absolute Gasteiger partial charge is 0.416 e. The number of nitrogens with one attached hydrogen (secondary N) is 1. The molecule has 4 nitrogen and oxygen atoms in total. The highest BCUT2D eigenvalue weighted by Gasteiger charge is 2.44. The molecule has 0 aliphatic heterocycles. The summed E-state index contributed by atoms with van der Waals surface area (Å²) in [4.78, 5) is 0. The lowest BCUT2D eigenvalue weighted by molar-refractivity contribution is -0.162. The monoisotopic (exact) mass is 413 g/mol. The van der Waals surface area contributed by atoms with Gasteiger partial charge < -0.3 is 19.9 Å². The molecular formula is C18H21F6NO3. The zero-order valence-corrected chi connectivity index (χ0v) is 15.2. The van der Waals surface area contributed by atoms with Gasteiger partial charge in [-0.05, 0) is 29.2 Å². The average Bonchev–Trinajstić information content (AvgIpc) is 2.62. The molecule has 0 bridgehead atoms.